The number of hydrogen-bond donors (Lipinski definition) is 1. The average molecular weight is 353 g/mol. The van der Waals surface area contributed by atoms with Gasteiger partial charge in [-0.15, -0.1) is 24.8 Å². The third kappa shape index (κ3) is 4.46. The van der Waals surface area contributed by atoms with Crippen molar-refractivity contribution in [2.24, 2.45) is 5.92 Å². The zero-order valence-electron chi connectivity index (χ0n) is 12.1. The predicted molar refractivity (Wildman–Crippen MR) is 92.9 cm³/mol. The monoisotopic (exact) mass is 351 g/mol. The van der Waals surface area contributed by atoms with E-state index < -0.39 is 0 Å². The molecule has 0 spiro atoms. The molecule has 1 atom stereocenters. The molecule has 1 aromatic rings. The van der Waals surface area contributed by atoms with Crippen LogP contribution in [0, 0.1) is 5.92 Å². The molecule has 0 amide bonds. The Morgan fingerprint density at radius 3 is 2.48 bits per heavy atom. The molecule has 1 saturated heterocycles. The fraction of sp³-hybridized carbons (Fsp3) is 0.667. The topological polar surface area (TPSA) is 28.2 Å². The molecule has 1 aliphatic carbocycles. The number of halogens is 3. The van der Waals surface area contributed by atoms with Gasteiger partial charge in [0, 0.05) is 44.6 Å². The number of aromatic nitrogens is 1. The number of pyridine rings is 1. The molecule has 1 aromatic heterocycles. The van der Waals surface area contributed by atoms with Gasteiger partial charge < -0.3 is 5.32 Å². The minimum absolute atomic E-state index is 0. The summed E-state index contributed by atoms with van der Waals surface area (Å²) in [5.74, 6) is 0.762. The second-order valence-corrected chi connectivity index (χ2v) is 6.08. The minimum atomic E-state index is 0. The Balaban J connectivity index is 0.00000110. The van der Waals surface area contributed by atoms with Crippen molar-refractivity contribution in [3.63, 3.8) is 0 Å². The molecular formula is C15H24Cl3N3. The first-order valence-corrected chi connectivity index (χ1v) is 7.78. The normalized spacial score (nSPS) is 21.4. The lowest BCUT2D eigenvalue weighted by Gasteiger charge is -2.39. The van der Waals surface area contributed by atoms with Crippen molar-refractivity contribution in [1.82, 2.24) is 15.2 Å². The van der Waals surface area contributed by atoms with Gasteiger partial charge in [0.25, 0.3) is 0 Å². The van der Waals surface area contributed by atoms with E-state index in [1.165, 1.54) is 31.2 Å². The van der Waals surface area contributed by atoms with Crippen LogP contribution in [0.25, 0.3) is 0 Å². The molecule has 3 rings (SSSR count). The second kappa shape index (κ2) is 9.16. The maximum absolute atomic E-state index is 6.41. The van der Waals surface area contributed by atoms with Crippen LogP contribution in [0.1, 0.15) is 37.3 Å². The molecule has 1 N–H and O–H groups in total. The van der Waals surface area contributed by atoms with E-state index in [1.54, 1.807) is 6.20 Å². The van der Waals surface area contributed by atoms with Gasteiger partial charge in [-0.05, 0) is 30.4 Å². The van der Waals surface area contributed by atoms with Crippen molar-refractivity contribution >= 4 is 36.4 Å². The molecule has 0 radical (unpaired) electrons. The van der Waals surface area contributed by atoms with Crippen LogP contribution in [0.4, 0.5) is 0 Å². The molecule has 0 bridgehead atoms. The van der Waals surface area contributed by atoms with E-state index in [1.807, 2.05) is 6.20 Å². The number of hydrogen-bond acceptors (Lipinski definition) is 3. The Morgan fingerprint density at radius 2 is 1.86 bits per heavy atom. The molecular weight excluding hydrogens is 329 g/mol. The van der Waals surface area contributed by atoms with E-state index >= 15 is 0 Å². The largest absolute Gasteiger partial charge is 0.314 e. The lowest BCUT2D eigenvalue weighted by molar-refractivity contribution is 0.125. The van der Waals surface area contributed by atoms with Crippen LogP contribution in [-0.4, -0.2) is 36.1 Å². The molecule has 21 heavy (non-hydrogen) atoms. The number of nitrogens with zero attached hydrogens (tertiary/aromatic N) is 2. The SMILES string of the molecule is Cl.Cl.Clc1cnccc1[C@H](C1CCCC1)N1CCNCC1. The molecule has 1 saturated carbocycles. The lowest BCUT2D eigenvalue weighted by atomic mass is 9.90. The number of nitrogens with one attached hydrogen (secondary N) is 1. The van der Waals surface area contributed by atoms with Crippen molar-refractivity contribution in [3.8, 4) is 0 Å². The highest BCUT2D eigenvalue weighted by molar-refractivity contribution is 6.31. The van der Waals surface area contributed by atoms with Crippen LogP contribution in [0.15, 0.2) is 18.5 Å². The summed E-state index contributed by atoms with van der Waals surface area (Å²) >= 11 is 6.41. The van der Waals surface area contributed by atoms with E-state index in [0.29, 0.717) is 6.04 Å². The average Bonchev–Trinajstić information content (AvgIpc) is 2.96. The van der Waals surface area contributed by atoms with Crippen molar-refractivity contribution < 1.29 is 0 Å². The van der Waals surface area contributed by atoms with Gasteiger partial charge in [-0.25, -0.2) is 0 Å². The summed E-state index contributed by atoms with van der Waals surface area (Å²) in [5.41, 5.74) is 1.28. The summed E-state index contributed by atoms with van der Waals surface area (Å²) < 4.78 is 0. The Kier molecular flexibility index (Phi) is 8.28. The van der Waals surface area contributed by atoms with Gasteiger partial charge in [0.15, 0.2) is 0 Å². The summed E-state index contributed by atoms with van der Waals surface area (Å²) in [4.78, 5) is 6.76. The van der Waals surface area contributed by atoms with Gasteiger partial charge in [-0.2, -0.15) is 0 Å². The number of rotatable bonds is 3. The van der Waals surface area contributed by atoms with Crippen LogP contribution < -0.4 is 5.32 Å². The molecule has 120 valence electrons. The quantitative estimate of drug-likeness (QED) is 0.898. The van der Waals surface area contributed by atoms with E-state index in [2.05, 4.69) is 21.3 Å². The number of piperazine rings is 1. The fourth-order valence-corrected chi connectivity index (χ4v) is 3.84. The first-order valence-electron chi connectivity index (χ1n) is 7.40. The van der Waals surface area contributed by atoms with Crippen LogP contribution in [0.3, 0.4) is 0 Å². The van der Waals surface area contributed by atoms with E-state index in [-0.39, 0.29) is 24.8 Å². The van der Waals surface area contributed by atoms with Crippen molar-refractivity contribution in [3.05, 3.63) is 29.0 Å². The Hall–Kier alpha value is -0.0600. The van der Waals surface area contributed by atoms with Crippen LogP contribution in [-0.2, 0) is 0 Å². The maximum atomic E-state index is 6.41. The van der Waals surface area contributed by atoms with Crippen molar-refractivity contribution in [2.75, 3.05) is 26.2 Å². The molecule has 1 aliphatic heterocycles. The molecule has 3 nitrogen and oxygen atoms in total. The zero-order valence-corrected chi connectivity index (χ0v) is 14.5. The van der Waals surface area contributed by atoms with E-state index in [0.717, 1.165) is 37.1 Å². The summed E-state index contributed by atoms with van der Waals surface area (Å²) in [5, 5.41) is 4.27. The van der Waals surface area contributed by atoms with Crippen molar-refractivity contribution in [2.45, 2.75) is 31.7 Å². The molecule has 0 unspecified atom stereocenters. The third-order valence-corrected chi connectivity index (χ3v) is 4.83. The van der Waals surface area contributed by atoms with Crippen LogP contribution >= 0.6 is 36.4 Å². The van der Waals surface area contributed by atoms with Gasteiger partial charge in [0.1, 0.15) is 0 Å². The molecule has 0 aromatic carbocycles. The van der Waals surface area contributed by atoms with Gasteiger partial charge in [-0.3, -0.25) is 9.88 Å². The van der Waals surface area contributed by atoms with Crippen molar-refractivity contribution in [1.29, 1.82) is 0 Å². The standard InChI is InChI=1S/C15H22ClN3.2ClH/c16-14-11-18-6-5-13(14)15(12-3-1-2-4-12)19-9-7-17-8-10-19;;/h5-6,11-12,15,17H,1-4,7-10H2;2*1H/t15-;;/m0../s1. The molecule has 2 fully saturated rings. The van der Waals surface area contributed by atoms with Crippen LogP contribution in [0.2, 0.25) is 5.02 Å². The van der Waals surface area contributed by atoms with Gasteiger partial charge >= 0.3 is 0 Å². The Bertz CT molecular complexity index is 418. The van der Waals surface area contributed by atoms with E-state index in [9.17, 15) is 0 Å². The zero-order chi connectivity index (χ0) is 13.1. The highest BCUT2D eigenvalue weighted by Gasteiger charge is 2.32. The highest BCUT2D eigenvalue weighted by atomic mass is 35.5. The Labute approximate surface area is 144 Å². The molecule has 2 aliphatic rings. The lowest BCUT2D eigenvalue weighted by Crippen LogP contribution is -2.46. The first-order chi connectivity index (χ1) is 9.36. The summed E-state index contributed by atoms with van der Waals surface area (Å²) in [6.45, 7) is 4.43. The highest BCUT2D eigenvalue weighted by Crippen LogP contribution is 2.41. The summed E-state index contributed by atoms with van der Waals surface area (Å²) in [6, 6.07) is 2.60. The third-order valence-electron chi connectivity index (χ3n) is 4.51. The Morgan fingerprint density at radius 1 is 1.19 bits per heavy atom. The predicted octanol–water partition coefficient (Wildman–Crippen LogP) is 3.72. The smallest absolute Gasteiger partial charge is 0.0637 e. The molecule has 2 heterocycles. The van der Waals surface area contributed by atoms with Crippen LogP contribution in [0.5, 0.6) is 0 Å². The van der Waals surface area contributed by atoms with E-state index in [4.69, 9.17) is 11.6 Å². The fourth-order valence-electron chi connectivity index (χ4n) is 3.61. The maximum Gasteiger partial charge on any atom is 0.0637 e. The van der Waals surface area contributed by atoms with Gasteiger partial charge in [-0.1, -0.05) is 24.4 Å². The summed E-state index contributed by atoms with van der Waals surface area (Å²) in [7, 11) is 0. The second-order valence-electron chi connectivity index (χ2n) is 5.67. The van der Waals surface area contributed by atoms with Gasteiger partial charge in [0.05, 0.1) is 5.02 Å². The minimum Gasteiger partial charge on any atom is -0.314 e. The molecule has 6 heteroatoms. The van der Waals surface area contributed by atoms with Gasteiger partial charge in [0.2, 0.25) is 0 Å². The first kappa shape index (κ1) is 19.0. The summed E-state index contributed by atoms with van der Waals surface area (Å²) in [6.07, 6.45) is 9.10.